The SMILES string of the molecule is O=C1CN=CC(Cc2cccc(Cl)c2)N1. The molecular weight excluding hydrogens is 212 g/mol. The van der Waals surface area contributed by atoms with Crippen LogP contribution < -0.4 is 5.32 Å². The van der Waals surface area contributed by atoms with Crippen LogP contribution in [-0.2, 0) is 11.2 Å². The first-order valence-corrected chi connectivity index (χ1v) is 5.15. The zero-order valence-corrected chi connectivity index (χ0v) is 8.87. The highest BCUT2D eigenvalue weighted by atomic mass is 35.5. The van der Waals surface area contributed by atoms with Gasteiger partial charge in [-0.1, -0.05) is 23.7 Å². The minimum Gasteiger partial charge on any atom is -0.346 e. The highest BCUT2D eigenvalue weighted by Crippen LogP contribution is 2.12. The number of rotatable bonds is 2. The quantitative estimate of drug-likeness (QED) is 0.809. The second-order valence-electron chi connectivity index (χ2n) is 3.50. The van der Waals surface area contributed by atoms with E-state index in [1.165, 1.54) is 0 Å². The van der Waals surface area contributed by atoms with Crippen molar-refractivity contribution in [1.29, 1.82) is 0 Å². The molecule has 78 valence electrons. The van der Waals surface area contributed by atoms with E-state index in [9.17, 15) is 4.79 Å². The van der Waals surface area contributed by atoms with E-state index in [2.05, 4.69) is 10.3 Å². The van der Waals surface area contributed by atoms with E-state index in [0.717, 1.165) is 12.0 Å². The number of halogens is 1. The minimum absolute atomic E-state index is 0.00952. The molecule has 3 nitrogen and oxygen atoms in total. The number of hydrogen-bond acceptors (Lipinski definition) is 2. The van der Waals surface area contributed by atoms with Crippen LogP contribution in [0.15, 0.2) is 29.3 Å². The van der Waals surface area contributed by atoms with Crippen LogP contribution in [0.25, 0.3) is 0 Å². The van der Waals surface area contributed by atoms with Crippen LogP contribution in [0, 0.1) is 0 Å². The van der Waals surface area contributed by atoms with Crippen LogP contribution >= 0.6 is 11.6 Å². The first kappa shape index (κ1) is 10.2. The average molecular weight is 223 g/mol. The topological polar surface area (TPSA) is 41.5 Å². The Kier molecular flexibility index (Phi) is 3.02. The molecule has 1 aliphatic rings. The van der Waals surface area contributed by atoms with Crippen molar-refractivity contribution in [3.63, 3.8) is 0 Å². The molecule has 15 heavy (non-hydrogen) atoms. The lowest BCUT2D eigenvalue weighted by Gasteiger charge is -2.17. The fourth-order valence-corrected chi connectivity index (χ4v) is 1.79. The molecule has 0 bridgehead atoms. The molecule has 0 aromatic heterocycles. The summed E-state index contributed by atoms with van der Waals surface area (Å²) in [7, 11) is 0. The third-order valence-corrected chi connectivity index (χ3v) is 2.45. The fraction of sp³-hybridized carbons (Fsp3) is 0.273. The molecule has 1 aliphatic heterocycles. The Bertz CT molecular complexity index is 403. The van der Waals surface area contributed by atoms with E-state index in [1.54, 1.807) is 6.21 Å². The second-order valence-corrected chi connectivity index (χ2v) is 3.93. The molecule has 0 spiro atoms. The lowest BCUT2D eigenvalue weighted by Crippen LogP contribution is -2.42. The summed E-state index contributed by atoms with van der Waals surface area (Å²) in [6.45, 7) is 0.242. The number of benzene rings is 1. The van der Waals surface area contributed by atoms with Crippen LogP contribution in [0.1, 0.15) is 5.56 Å². The summed E-state index contributed by atoms with van der Waals surface area (Å²) in [5.74, 6) is -0.0236. The molecule has 0 aliphatic carbocycles. The molecule has 1 heterocycles. The summed E-state index contributed by atoms with van der Waals surface area (Å²) < 4.78 is 0. The van der Waals surface area contributed by atoms with Crippen molar-refractivity contribution < 1.29 is 4.79 Å². The molecule has 0 radical (unpaired) electrons. The Hall–Kier alpha value is -1.35. The van der Waals surface area contributed by atoms with Gasteiger partial charge in [-0.3, -0.25) is 9.79 Å². The monoisotopic (exact) mass is 222 g/mol. The van der Waals surface area contributed by atoms with Crippen molar-refractivity contribution in [2.24, 2.45) is 4.99 Å². The zero-order valence-electron chi connectivity index (χ0n) is 8.11. The Morgan fingerprint density at radius 1 is 1.53 bits per heavy atom. The van der Waals surface area contributed by atoms with Gasteiger partial charge in [-0.15, -0.1) is 0 Å². The van der Waals surface area contributed by atoms with Gasteiger partial charge in [0.1, 0.15) is 6.54 Å². The van der Waals surface area contributed by atoms with Gasteiger partial charge >= 0.3 is 0 Å². The Labute approximate surface area is 93.2 Å². The Morgan fingerprint density at radius 3 is 3.13 bits per heavy atom. The maximum atomic E-state index is 11.1. The molecule has 1 N–H and O–H groups in total. The molecule has 1 unspecified atom stereocenters. The van der Waals surface area contributed by atoms with E-state index in [4.69, 9.17) is 11.6 Å². The predicted molar refractivity (Wildman–Crippen MR) is 60.4 cm³/mol. The number of aliphatic imine (C=N–C) groups is 1. The van der Waals surface area contributed by atoms with Crippen molar-refractivity contribution in [2.45, 2.75) is 12.5 Å². The smallest absolute Gasteiger partial charge is 0.242 e. The van der Waals surface area contributed by atoms with E-state index in [0.29, 0.717) is 5.02 Å². The maximum absolute atomic E-state index is 11.1. The summed E-state index contributed by atoms with van der Waals surface area (Å²) in [6.07, 6.45) is 2.51. The van der Waals surface area contributed by atoms with Crippen molar-refractivity contribution in [2.75, 3.05) is 6.54 Å². The van der Waals surface area contributed by atoms with Gasteiger partial charge in [0.2, 0.25) is 5.91 Å². The van der Waals surface area contributed by atoms with Crippen molar-refractivity contribution in [3.8, 4) is 0 Å². The minimum atomic E-state index is -0.0236. The number of nitrogens with zero attached hydrogens (tertiary/aromatic N) is 1. The molecule has 2 rings (SSSR count). The van der Waals surface area contributed by atoms with E-state index in [-0.39, 0.29) is 18.5 Å². The van der Waals surface area contributed by atoms with Gasteiger partial charge in [0, 0.05) is 11.2 Å². The normalized spacial score (nSPS) is 20.1. The number of amides is 1. The Morgan fingerprint density at radius 2 is 2.40 bits per heavy atom. The summed E-state index contributed by atoms with van der Waals surface area (Å²) in [6, 6.07) is 7.61. The molecule has 1 aromatic carbocycles. The summed E-state index contributed by atoms with van der Waals surface area (Å²) >= 11 is 5.87. The number of carbonyl (C=O) groups is 1. The van der Waals surface area contributed by atoms with Gasteiger partial charge in [0.05, 0.1) is 6.04 Å². The molecule has 1 atom stereocenters. The lowest BCUT2D eigenvalue weighted by atomic mass is 10.1. The standard InChI is InChI=1S/C11H11ClN2O/c12-9-3-1-2-8(4-9)5-10-6-13-7-11(15)14-10/h1-4,6,10H,5,7H2,(H,14,15). The van der Waals surface area contributed by atoms with Crippen LogP contribution in [-0.4, -0.2) is 24.7 Å². The van der Waals surface area contributed by atoms with E-state index < -0.39 is 0 Å². The molecule has 0 saturated heterocycles. The highest BCUT2D eigenvalue weighted by Gasteiger charge is 2.14. The number of nitrogens with one attached hydrogen (secondary N) is 1. The van der Waals surface area contributed by atoms with Crippen molar-refractivity contribution >= 4 is 23.7 Å². The average Bonchev–Trinajstić information content (AvgIpc) is 2.17. The molecule has 0 fully saturated rings. The van der Waals surface area contributed by atoms with Gasteiger partial charge in [-0.05, 0) is 24.1 Å². The summed E-state index contributed by atoms with van der Waals surface area (Å²) in [5, 5.41) is 3.57. The van der Waals surface area contributed by atoms with E-state index >= 15 is 0 Å². The fourth-order valence-electron chi connectivity index (χ4n) is 1.57. The first-order chi connectivity index (χ1) is 7.24. The van der Waals surface area contributed by atoms with Gasteiger partial charge in [0.15, 0.2) is 0 Å². The zero-order chi connectivity index (χ0) is 10.7. The van der Waals surface area contributed by atoms with Gasteiger partial charge in [-0.2, -0.15) is 0 Å². The first-order valence-electron chi connectivity index (χ1n) is 4.78. The largest absolute Gasteiger partial charge is 0.346 e. The van der Waals surface area contributed by atoms with Gasteiger partial charge in [-0.25, -0.2) is 0 Å². The maximum Gasteiger partial charge on any atom is 0.242 e. The molecule has 4 heteroatoms. The third kappa shape index (κ3) is 2.80. The van der Waals surface area contributed by atoms with Gasteiger partial charge in [0.25, 0.3) is 0 Å². The molecule has 0 saturated carbocycles. The van der Waals surface area contributed by atoms with Crippen LogP contribution in [0.3, 0.4) is 0 Å². The number of carbonyl (C=O) groups excluding carboxylic acids is 1. The van der Waals surface area contributed by atoms with Crippen LogP contribution in [0.4, 0.5) is 0 Å². The van der Waals surface area contributed by atoms with Crippen molar-refractivity contribution in [1.82, 2.24) is 5.32 Å². The van der Waals surface area contributed by atoms with Gasteiger partial charge < -0.3 is 5.32 Å². The molecule has 1 aromatic rings. The summed E-state index contributed by atoms with van der Waals surface area (Å²) in [5.41, 5.74) is 1.10. The van der Waals surface area contributed by atoms with Crippen LogP contribution in [0.2, 0.25) is 5.02 Å². The molecule has 1 amide bonds. The third-order valence-electron chi connectivity index (χ3n) is 2.21. The van der Waals surface area contributed by atoms with E-state index in [1.807, 2.05) is 24.3 Å². The highest BCUT2D eigenvalue weighted by molar-refractivity contribution is 6.30. The molecular formula is C11H11ClN2O. The Balaban J connectivity index is 2.05. The van der Waals surface area contributed by atoms with Crippen molar-refractivity contribution in [3.05, 3.63) is 34.9 Å². The predicted octanol–water partition coefficient (Wildman–Crippen LogP) is 1.45. The lowest BCUT2D eigenvalue weighted by molar-refractivity contribution is -0.120. The summed E-state index contributed by atoms with van der Waals surface area (Å²) in [4.78, 5) is 15.1. The number of hydrogen-bond donors (Lipinski definition) is 1. The second kappa shape index (κ2) is 4.45. The van der Waals surface area contributed by atoms with Crippen LogP contribution in [0.5, 0.6) is 0 Å².